The normalized spacial score (nSPS) is 10.7. The second-order valence-corrected chi connectivity index (χ2v) is 6.66. The minimum absolute atomic E-state index is 0.137. The van der Waals surface area contributed by atoms with Gasteiger partial charge in [-0.05, 0) is 32.8 Å². The van der Waals surface area contributed by atoms with Crippen molar-refractivity contribution in [2.24, 2.45) is 0 Å². The number of aromatic nitrogens is 3. The van der Waals surface area contributed by atoms with Gasteiger partial charge in [-0.25, -0.2) is 15.0 Å². The van der Waals surface area contributed by atoms with E-state index in [2.05, 4.69) is 34.1 Å². The molecule has 0 unspecified atom stereocenters. The van der Waals surface area contributed by atoms with Gasteiger partial charge < -0.3 is 10.2 Å². The maximum absolute atomic E-state index is 12.4. The molecule has 0 aliphatic carbocycles. The fourth-order valence-corrected chi connectivity index (χ4v) is 3.19. The van der Waals surface area contributed by atoms with Gasteiger partial charge in [0.15, 0.2) is 5.13 Å². The number of carbonyl (C=O) groups is 1. The van der Waals surface area contributed by atoms with E-state index in [0.29, 0.717) is 17.5 Å². The summed E-state index contributed by atoms with van der Waals surface area (Å²) >= 11 is 1.46. The van der Waals surface area contributed by atoms with Crippen molar-refractivity contribution in [2.45, 2.75) is 47.0 Å². The Morgan fingerprint density at radius 1 is 1.12 bits per heavy atom. The SMILES string of the molecule is CCCN(CCC)C(=O)Cc1csc(Nc2nc(C)cc(C)n2)n1. The molecule has 7 heteroatoms. The van der Waals surface area contributed by atoms with Crippen molar-refractivity contribution in [3.8, 4) is 0 Å². The predicted molar refractivity (Wildman–Crippen MR) is 97.8 cm³/mol. The van der Waals surface area contributed by atoms with Crippen LogP contribution in [-0.2, 0) is 11.2 Å². The molecule has 0 saturated carbocycles. The van der Waals surface area contributed by atoms with Gasteiger partial charge >= 0.3 is 0 Å². The quantitative estimate of drug-likeness (QED) is 0.791. The van der Waals surface area contributed by atoms with Crippen molar-refractivity contribution < 1.29 is 4.79 Å². The third-order valence-corrected chi connectivity index (χ3v) is 4.23. The summed E-state index contributed by atoms with van der Waals surface area (Å²) in [6, 6.07) is 1.92. The van der Waals surface area contributed by atoms with E-state index < -0.39 is 0 Å². The van der Waals surface area contributed by atoms with Gasteiger partial charge in [-0.15, -0.1) is 11.3 Å². The molecule has 1 amide bonds. The number of aryl methyl sites for hydroxylation is 2. The first kappa shape index (κ1) is 18.3. The highest BCUT2D eigenvalue weighted by atomic mass is 32.1. The summed E-state index contributed by atoms with van der Waals surface area (Å²) in [4.78, 5) is 27.5. The molecule has 130 valence electrons. The van der Waals surface area contributed by atoms with E-state index in [1.54, 1.807) is 0 Å². The molecule has 0 radical (unpaired) electrons. The summed E-state index contributed by atoms with van der Waals surface area (Å²) in [5, 5.41) is 5.74. The van der Waals surface area contributed by atoms with E-state index in [9.17, 15) is 4.79 Å². The molecule has 2 aromatic rings. The number of thiazole rings is 1. The zero-order valence-corrected chi connectivity index (χ0v) is 15.6. The second-order valence-electron chi connectivity index (χ2n) is 5.80. The first-order chi connectivity index (χ1) is 11.5. The molecule has 24 heavy (non-hydrogen) atoms. The van der Waals surface area contributed by atoms with Crippen LogP contribution < -0.4 is 5.32 Å². The van der Waals surface area contributed by atoms with Gasteiger partial charge in [-0.1, -0.05) is 13.8 Å². The lowest BCUT2D eigenvalue weighted by molar-refractivity contribution is -0.130. The van der Waals surface area contributed by atoms with Crippen molar-refractivity contribution in [1.82, 2.24) is 19.9 Å². The highest BCUT2D eigenvalue weighted by molar-refractivity contribution is 7.13. The van der Waals surface area contributed by atoms with Crippen molar-refractivity contribution in [3.63, 3.8) is 0 Å². The topological polar surface area (TPSA) is 71.0 Å². The third kappa shape index (κ3) is 5.26. The van der Waals surface area contributed by atoms with Gasteiger partial charge in [0.05, 0.1) is 12.1 Å². The molecular formula is C17H25N5OS. The van der Waals surface area contributed by atoms with Gasteiger partial charge in [0, 0.05) is 29.9 Å². The summed E-state index contributed by atoms with van der Waals surface area (Å²) in [6.07, 6.45) is 2.28. The molecule has 0 spiro atoms. The molecule has 0 atom stereocenters. The van der Waals surface area contributed by atoms with Crippen LogP contribution in [0.15, 0.2) is 11.4 Å². The second kappa shape index (κ2) is 8.73. The van der Waals surface area contributed by atoms with Crippen LogP contribution >= 0.6 is 11.3 Å². The number of hydrogen-bond donors (Lipinski definition) is 1. The average molecular weight is 347 g/mol. The molecule has 2 aromatic heterocycles. The van der Waals surface area contributed by atoms with E-state index in [4.69, 9.17) is 0 Å². The first-order valence-electron chi connectivity index (χ1n) is 8.33. The number of hydrogen-bond acceptors (Lipinski definition) is 6. The van der Waals surface area contributed by atoms with Crippen LogP contribution in [0.2, 0.25) is 0 Å². The Hall–Kier alpha value is -2.02. The average Bonchev–Trinajstić information content (AvgIpc) is 2.93. The van der Waals surface area contributed by atoms with Gasteiger partial charge in [0.1, 0.15) is 0 Å². The van der Waals surface area contributed by atoms with Crippen LogP contribution in [0.25, 0.3) is 0 Å². The number of nitrogens with zero attached hydrogens (tertiary/aromatic N) is 4. The van der Waals surface area contributed by atoms with Crippen LogP contribution in [0.5, 0.6) is 0 Å². The lowest BCUT2D eigenvalue weighted by Crippen LogP contribution is -2.33. The molecule has 0 saturated heterocycles. The Balaban J connectivity index is 2.00. The summed E-state index contributed by atoms with van der Waals surface area (Å²) < 4.78 is 0. The summed E-state index contributed by atoms with van der Waals surface area (Å²) in [5.41, 5.74) is 2.60. The minimum atomic E-state index is 0.137. The van der Waals surface area contributed by atoms with E-state index >= 15 is 0 Å². The van der Waals surface area contributed by atoms with E-state index in [0.717, 1.165) is 43.0 Å². The molecule has 0 fully saturated rings. The van der Waals surface area contributed by atoms with Crippen molar-refractivity contribution in [2.75, 3.05) is 18.4 Å². The predicted octanol–water partition coefficient (Wildman–Crippen LogP) is 3.48. The minimum Gasteiger partial charge on any atom is -0.342 e. The molecule has 1 N–H and O–H groups in total. The fourth-order valence-electron chi connectivity index (χ4n) is 2.49. The molecule has 0 bridgehead atoms. The summed E-state index contributed by atoms with van der Waals surface area (Å²) in [5.74, 6) is 0.677. The molecule has 2 rings (SSSR count). The van der Waals surface area contributed by atoms with E-state index in [1.807, 2.05) is 30.2 Å². The highest BCUT2D eigenvalue weighted by Crippen LogP contribution is 2.20. The van der Waals surface area contributed by atoms with Crippen LogP contribution in [0.3, 0.4) is 0 Å². The maximum atomic E-state index is 12.4. The fraction of sp³-hybridized carbons (Fsp3) is 0.529. The van der Waals surface area contributed by atoms with Crippen LogP contribution in [0, 0.1) is 13.8 Å². The molecule has 2 heterocycles. The number of amides is 1. The summed E-state index contributed by atoms with van der Waals surface area (Å²) in [7, 11) is 0. The zero-order valence-electron chi connectivity index (χ0n) is 14.8. The standard InChI is InChI=1S/C17H25N5OS/c1-5-7-22(8-6-2)15(23)10-14-11-24-17(20-14)21-16-18-12(3)9-13(4)19-16/h9,11H,5-8,10H2,1-4H3,(H,18,19,20,21). The lowest BCUT2D eigenvalue weighted by atomic mass is 10.2. The Kier molecular flexibility index (Phi) is 6.66. The Morgan fingerprint density at radius 2 is 1.75 bits per heavy atom. The number of carbonyl (C=O) groups excluding carboxylic acids is 1. The largest absolute Gasteiger partial charge is 0.342 e. The zero-order chi connectivity index (χ0) is 17.5. The number of rotatable bonds is 8. The smallest absolute Gasteiger partial charge is 0.229 e. The van der Waals surface area contributed by atoms with Gasteiger partial charge in [-0.3, -0.25) is 4.79 Å². The van der Waals surface area contributed by atoms with Crippen molar-refractivity contribution in [1.29, 1.82) is 0 Å². The van der Waals surface area contributed by atoms with Gasteiger partial charge in [0.2, 0.25) is 11.9 Å². The highest BCUT2D eigenvalue weighted by Gasteiger charge is 2.14. The van der Waals surface area contributed by atoms with Crippen molar-refractivity contribution in [3.05, 3.63) is 28.5 Å². The Morgan fingerprint density at radius 3 is 2.33 bits per heavy atom. The third-order valence-electron chi connectivity index (χ3n) is 3.42. The van der Waals surface area contributed by atoms with Gasteiger partial charge in [0.25, 0.3) is 0 Å². The van der Waals surface area contributed by atoms with Gasteiger partial charge in [-0.2, -0.15) is 0 Å². The van der Waals surface area contributed by atoms with Crippen LogP contribution in [0.4, 0.5) is 11.1 Å². The Labute approximate surface area is 147 Å². The van der Waals surface area contributed by atoms with Crippen LogP contribution in [0.1, 0.15) is 43.8 Å². The van der Waals surface area contributed by atoms with E-state index in [1.165, 1.54) is 11.3 Å². The monoisotopic (exact) mass is 347 g/mol. The van der Waals surface area contributed by atoms with Crippen LogP contribution in [-0.4, -0.2) is 38.8 Å². The summed E-state index contributed by atoms with van der Waals surface area (Å²) in [6.45, 7) is 9.65. The Bertz CT molecular complexity index is 659. The first-order valence-corrected chi connectivity index (χ1v) is 9.21. The molecule has 0 aromatic carbocycles. The molecule has 0 aliphatic heterocycles. The molecular weight excluding hydrogens is 322 g/mol. The number of anilines is 2. The lowest BCUT2D eigenvalue weighted by Gasteiger charge is -2.20. The number of nitrogens with one attached hydrogen (secondary N) is 1. The van der Waals surface area contributed by atoms with Crippen molar-refractivity contribution >= 4 is 28.3 Å². The molecule has 6 nitrogen and oxygen atoms in total. The maximum Gasteiger partial charge on any atom is 0.229 e. The molecule has 0 aliphatic rings. The van der Waals surface area contributed by atoms with E-state index in [-0.39, 0.29) is 5.91 Å².